The molecule has 1 N–H and O–H groups in total. The van der Waals surface area contributed by atoms with E-state index < -0.39 is 0 Å². The molecule has 0 aliphatic carbocycles. The Bertz CT molecular complexity index is 95.0. The Morgan fingerprint density at radius 3 is 2.67 bits per heavy atom. The molecule has 0 amide bonds. The fraction of sp³-hybridized carbons (Fsp3) is 0.400. The van der Waals surface area contributed by atoms with Crippen molar-refractivity contribution in [1.82, 2.24) is 0 Å². The normalized spacial score (nSPS) is 7.67. The SMILES string of the molecule is C=CCSC(=O)CO.[Ag]. The van der Waals surface area contributed by atoms with Crippen LogP contribution in [0.5, 0.6) is 0 Å². The molecule has 0 unspecified atom stereocenters. The van der Waals surface area contributed by atoms with Gasteiger partial charge in [0.2, 0.25) is 5.12 Å². The van der Waals surface area contributed by atoms with Crippen molar-refractivity contribution in [3.63, 3.8) is 0 Å². The Balaban J connectivity index is 0. The Morgan fingerprint density at radius 2 is 2.33 bits per heavy atom. The minimum atomic E-state index is -0.376. The third-order valence-electron chi connectivity index (χ3n) is 0.491. The van der Waals surface area contributed by atoms with Crippen LogP contribution >= 0.6 is 11.8 Å². The van der Waals surface area contributed by atoms with Crippen molar-refractivity contribution in [3.8, 4) is 0 Å². The van der Waals surface area contributed by atoms with Crippen LogP contribution in [0.4, 0.5) is 0 Å². The van der Waals surface area contributed by atoms with Crippen LogP contribution in [0.15, 0.2) is 12.7 Å². The van der Waals surface area contributed by atoms with E-state index in [1.54, 1.807) is 6.08 Å². The van der Waals surface area contributed by atoms with Crippen molar-refractivity contribution in [1.29, 1.82) is 0 Å². The summed E-state index contributed by atoms with van der Waals surface area (Å²) in [4.78, 5) is 10.2. The van der Waals surface area contributed by atoms with E-state index in [0.29, 0.717) is 5.75 Å². The first kappa shape index (κ1) is 12.2. The van der Waals surface area contributed by atoms with Crippen molar-refractivity contribution in [2.75, 3.05) is 12.4 Å². The molecular weight excluding hydrogens is 232 g/mol. The van der Waals surface area contributed by atoms with Gasteiger partial charge in [0.05, 0.1) is 0 Å². The van der Waals surface area contributed by atoms with Gasteiger partial charge in [-0.1, -0.05) is 17.8 Å². The van der Waals surface area contributed by atoms with Crippen molar-refractivity contribution in [2.45, 2.75) is 0 Å². The van der Waals surface area contributed by atoms with E-state index >= 15 is 0 Å². The Hall–Kier alpha value is 0.460. The van der Waals surface area contributed by atoms with Gasteiger partial charge in [0.1, 0.15) is 6.61 Å². The molecule has 0 saturated heterocycles. The topological polar surface area (TPSA) is 37.3 Å². The maximum atomic E-state index is 10.2. The number of carbonyl (C=O) groups excluding carboxylic acids is 1. The van der Waals surface area contributed by atoms with E-state index in [0.717, 1.165) is 11.8 Å². The van der Waals surface area contributed by atoms with Crippen LogP contribution in [0, 0.1) is 0 Å². The first-order valence-electron chi connectivity index (χ1n) is 2.18. The van der Waals surface area contributed by atoms with Crippen molar-refractivity contribution in [3.05, 3.63) is 12.7 Å². The average molecular weight is 240 g/mol. The van der Waals surface area contributed by atoms with Gasteiger partial charge in [-0.15, -0.1) is 6.58 Å². The summed E-state index contributed by atoms with van der Waals surface area (Å²) in [7, 11) is 0. The summed E-state index contributed by atoms with van der Waals surface area (Å²) in [6.45, 7) is 3.04. The van der Waals surface area contributed by atoms with E-state index in [1.165, 1.54) is 0 Å². The predicted molar refractivity (Wildman–Crippen MR) is 34.7 cm³/mol. The maximum Gasteiger partial charge on any atom is 0.214 e. The average Bonchev–Trinajstić information content (AvgIpc) is 1.83. The maximum absolute atomic E-state index is 10.2. The quantitative estimate of drug-likeness (QED) is 0.573. The van der Waals surface area contributed by atoms with Gasteiger partial charge >= 0.3 is 0 Å². The third-order valence-corrected chi connectivity index (χ3v) is 1.34. The third kappa shape index (κ3) is 8.46. The Labute approximate surface area is 74.2 Å². The smallest absolute Gasteiger partial charge is 0.214 e. The summed E-state index contributed by atoms with van der Waals surface area (Å²) in [5, 5.41) is 7.95. The predicted octanol–water partition coefficient (Wildman–Crippen LogP) is 0.422. The number of rotatable bonds is 3. The van der Waals surface area contributed by atoms with Crippen molar-refractivity contribution >= 4 is 16.9 Å². The van der Waals surface area contributed by atoms with Crippen LogP contribution in [-0.2, 0) is 27.2 Å². The molecule has 0 atom stereocenters. The molecule has 0 aromatic carbocycles. The Kier molecular flexibility index (Phi) is 11.4. The van der Waals surface area contributed by atoms with E-state index in [9.17, 15) is 4.79 Å². The van der Waals surface area contributed by atoms with Crippen molar-refractivity contribution in [2.24, 2.45) is 0 Å². The van der Waals surface area contributed by atoms with Gasteiger partial charge in [-0.3, -0.25) is 4.79 Å². The molecule has 0 aliphatic heterocycles. The summed E-state index contributed by atoms with van der Waals surface area (Å²) in [6.07, 6.45) is 1.62. The molecule has 0 heterocycles. The fourth-order valence-corrected chi connectivity index (χ4v) is 0.593. The van der Waals surface area contributed by atoms with Crippen LogP contribution in [0.1, 0.15) is 0 Å². The van der Waals surface area contributed by atoms with E-state index in [1.807, 2.05) is 0 Å². The van der Waals surface area contributed by atoms with Gasteiger partial charge in [-0.05, 0) is 0 Å². The van der Waals surface area contributed by atoms with Gasteiger partial charge < -0.3 is 5.11 Å². The minimum Gasteiger partial charge on any atom is -0.388 e. The molecule has 1 radical (unpaired) electrons. The molecule has 4 heteroatoms. The molecule has 0 fully saturated rings. The molecule has 57 valence electrons. The molecule has 0 bridgehead atoms. The first-order valence-corrected chi connectivity index (χ1v) is 3.17. The van der Waals surface area contributed by atoms with Crippen LogP contribution in [-0.4, -0.2) is 22.6 Å². The molecular formula is C5H8AgO2S. The second-order valence-electron chi connectivity index (χ2n) is 1.13. The van der Waals surface area contributed by atoms with Crippen LogP contribution in [0.3, 0.4) is 0 Å². The molecule has 0 aliphatic rings. The molecule has 2 nitrogen and oxygen atoms in total. The zero-order valence-corrected chi connectivity index (χ0v) is 7.06. The van der Waals surface area contributed by atoms with Crippen LogP contribution in [0.2, 0.25) is 0 Å². The van der Waals surface area contributed by atoms with Gasteiger partial charge in [0.25, 0.3) is 0 Å². The standard InChI is InChI=1S/C5H8O2S.Ag/c1-2-3-8-5(7)4-6;/h2,6H,1,3-4H2;. The van der Waals surface area contributed by atoms with Crippen LogP contribution in [0.25, 0.3) is 0 Å². The number of aliphatic hydroxyl groups excluding tert-OH is 1. The number of hydrogen-bond acceptors (Lipinski definition) is 3. The summed E-state index contributed by atoms with van der Waals surface area (Å²) in [6, 6.07) is 0. The summed E-state index contributed by atoms with van der Waals surface area (Å²) < 4.78 is 0. The zero-order chi connectivity index (χ0) is 6.41. The van der Waals surface area contributed by atoms with E-state index in [4.69, 9.17) is 5.11 Å². The monoisotopic (exact) mass is 239 g/mol. The molecule has 0 saturated carbocycles. The largest absolute Gasteiger partial charge is 0.388 e. The summed E-state index contributed by atoms with van der Waals surface area (Å²) in [5.41, 5.74) is 0. The molecule has 9 heavy (non-hydrogen) atoms. The summed E-state index contributed by atoms with van der Waals surface area (Å²) >= 11 is 1.07. The fourth-order valence-electron chi connectivity index (χ4n) is 0.198. The van der Waals surface area contributed by atoms with E-state index in [2.05, 4.69) is 6.58 Å². The molecule has 0 rings (SSSR count). The van der Waals surface area contributed by atoms with Gasteiger partial charge in [0, 0.05) is 28.1 Å². The first-order chi connectivity index (χ1) is 3.81. The minimum absolute atomic E-state index is 0. The zero-order valence-electron chi connectivity index (χ0n) is 4.76. The second kappa shape index (κ2) is 8.46. The van der Waals surface area contributed by atoms with Gasteiger partial charge in [-0.25, -0.2) is 0 Å². The Morgan fingerprint density at radius 1 is 1.78 bits per heavy atom. The van der Waals surface area contributed by atoms with E-state index in [-0.39, 0.29) is 34.1 Å². The molecule has 0 spiro atoms. The summed E-state index contributed by atoms with van der Waals surface area (Å²) in [5.74, 6) is 0.583. The van der Waals surface area contributed by atoms with Crippen molar-refractivity contribution < 1.29 is 32.3 Å². The number of thioether (sulfide) groups is 1. The van der Waals surface area contributed by atoms with Gasteiger partial charge in [-0.2, -0.15) is 0 Å². The molecule has 0 aromatic heterocycles. The number of aliphatic hydroxyl groups is 1. The number of hydrogen-bond donors (Lipinski definition) is 1. The second-order valence-corrected chi connectivity index (χ2v) is 2.21. The van der Waals surface area contributed by atoms with Crippen LogP contribution < -0.4 is 0 Å². The van der Waals surface area contributed by atoms with Gasteiger partial charge in [0.15, 0.2) is 0 Å². The molecule has 0 aromatic rings. The number of carbonyl (C=O) groups is 1.